The van der Waals surface area contributed by atoms with Gasteiger partial charge in [0.05, 0.1) is 5.69 Å². The van der Waals surface area contributed by atoms with Crippen LogP contribution >= 0.6 is 11.6 Å². The molecule has 3 rings (SSSR count). The van der Waals surface area contributed by atoms with Crippen molar-refractivity contribution in [2.75, 3.05) is 5.32 Å². The second kappa shape index (κ2) is 5.73. The molecule has 0 heterocycles. The fourth-order valence-electron chi connectivity index (χ4n) is 2.25. The fraction of sp³-hybridized carbons (Fsp3) is 0. The first kappa shape index (κ1) is 14.5. The number of anilines is 1. The van der Waals surface area contributed by atoms with Crippen LogP contribution in [0, 0.1) is 11.6 Å². The van der Waals surface area contributed by atoms with Gasteiger partial charge >= 0.3 is 0 Å². The van der Waals surface area contributed by atoms with Crippen molar-refractivity contribution in [2.24, 2.45) is 0 Å². The maximum Gasteiger partial charge on any atom is 0.256 e. The van der Waals surface area contributed by atoms with E-state index >= 15 is 0 Å². The van der Waals surface area contributed by atoms with E-state index in [0.29, 0.717) is 16.0 Å². The van der Waals surface area contributed by atoms with Crippen LogP contribution in [0.2, 0.25) is 5.02 Å². The summed E-state index contributed by atoms with van der Waals surface area (Å²) >= 11 is 6.10. The summed E-state index contributed by atoms with van der Waals surface area (Å²) in [5.74, 6) is -2.02. The largest absolute Gasteiger partial charge is 0.319 e. The molecule has 3 aromatic carbocycles. The summed E-state index contributed by atoms with van der Waals surface area (Å²) < 4.78 is 26.5. The topological polar surface area (TPSA) is 29.1 Å². The third-order valence-corrected chi connectivity index (χ3v) is 3.62. The van der Waals surface area contributed by atoms with Gasteiger partial charge < -0.3 is 5.32 Å². The van der Waals surface area contributed by atoms with E-state index in [-0.39, 0.29) is 5.69 Å². The third-order valence-electron chi connectivity index (χ3n) is 3.29. The number of carbonyl (C=O) groups excluding carboxylic acids is 1. The molecule has 3 aromatic rings. The van der Waals surface area contributed by atoms with Crippen LogP contribution in [0.3, 0.4) is 0 Å². The molecule has 0 aliphatic heterocycles. The molecule has 0 unspecified atom stereocenters. The van der Waals surface area contributed by atoms with Gasteiger partial charge in [-0.2, -0.15) is 0 Å². The zero-order valence-corrected chi connectivity index (χ0v) is 12.0. The maximum atomic E-state index is 13.6. The van der Waals surface area contributed by atoms with Crippen LogP contribution in [0.15, 0.2) is 54.6 Å². The summed E-state index contributed by atoms with van der Waals surface area (Å²) in [5.41, 5.74) is 0.286. The van der Waals surface area contributed by atoms with Gasteiger partial charge in [0.2, 0.25) is 0 Å². The van der Waals surface area contributed by atoms with Gasteiger partial charge in [0.1, 0.15) is 11.6 Å². The zero-order valence-electron chi connectivity index (χ0n) is 11.2. The Bertz CT molecular complexity index is 880. The number of nitrogens with one attached hydrogen (secondary N) is 1. The number of benzene rings is 3. The van der Waals surface area contributed by atoms with E-state index in [1.807, 2.05) is 0 Å². The summed E-state index contributed by atoms with van der Waals surface area (Å²) in [6, 6.07) is 13.3. The molecule has 0 spiro atoms. The first-order valence-corrected chi connectivity index (χ1v) is 6.88. The van der Waals surface area contributed by atoms with Gasteiger partial charge in [0.15, 0.2) is 0 Å². The predicted molar refractivity (Wildman–Crippen MR) is 83.3 cm³/mol. The highest BCUT2D eigenvalue weighted by atomic mass is 35.5. The molecule has 2 nitrogen and oxygen atoms in total. The molecule has 0 saturated heterocycles. The van der Waals surface area contributed by atoms with Crippen molar-refractivity contribution >= 4 is 34.0 Å². The number of carbonyl (C=O) groups is 1. The predicted octanol–water partition coefficient (Wildman–Crippen LogP) is 5.02. The molecular formula is C17H10ClF2NO. The van der Waals surface area contributed by atoms with Gasteiger partial charge in [0.25, 0.3) is 5.91 Å². The van der Waals surface area contributed by atoms with Crippen molar-refractivity contribution in [1.29, 1.82) is 0 Å². The van der Waals surface area contributed by atoms with Crippen LogP contribution in [-0.4, -0.2) is 5.91 Å². The van der Waals surface area contributed by atoms with E-state index in [1.165, 1.54) is 6.07 Å². The second-order valence-corrected chi connectivity index (χ2v) is 5.13. The van der Waals surface area contributed by atoms with Crippen LogP contribution in [-0.2, 0) is 0 Å². The standard InChI is InChI=1S/C17H10ClF2NO/c18-14-6-2-3-11-12(14)4-1-5-13(11)17(22)21-16-8-7-10(19)9-15(16)20/h1-9H,(H,21,22). The summed E-state index contributed by atoms with van der Waals surface area (Å²) in [5, 5.41) is 4.36. The van der Waals surface area contributed by atoms with E-state index in [0.717, 1.165) is 17.5 Å². The average Bonchev–Trinajstić information content (AvgIpc) is 2.50. The Labute approximate surface area is 130 Å². The van der Waals surface area contributed by atoms with Crippen molar-refractivity contribution in [1.82, 2.24) is 0 Å². The molecule has 0 radical (unpaired) electrons. The Morgan fingerprint density at radius 3 is 2.45 bits per heavy atom. The lowest BCUT2D eigenvalue weighted by molar-refractivity contribution is 0.102. The number of halogens is 3. The van der Waals surface area contributed by atoms with E-state index in [1.54, 1.807) is 36.4 Å². The fourth-order valence-corrected chi connectivity index (χ4v) is 2.49. The molecular weight excluding hydrogens is 308 g/mol. The Kier molecular flexibility index (Phi) is 3.77. The molecule has 0 aliphatic carbocycles. The van der Waals surface area contributed by atoms with E-state index in [2.05, 4.69) is 5.32 Å². The smallest absolute Gasteiger partial charge is 0.256 e. The highest BCUT2D eigenvalue weighted by Crippen LogP contribution is 2.26. The molecule has 0 atom stereocenters. The van der Waals surface area contributed by atoms with Gasteiger partial charge in [-0.25, -0.2) is 8.78 Å². The highest BCUT2D eigenvalue weighted by Gasteiger charge is 2.13. The summed E-state index contributed by atoms with van der Waals surface area (Å²) in [6.45, 7) is 0. The average molecular weight is 318 g/mol. The van der Waals surface area contributed by atoms with Gasteiger partial charge in [-0.15, -0.1) is 0 Å². The van der Waals surface area contributed by atoms with Crippen molar-refractivity contribution < 1.29 is 13.6 Å². The molecule has 110 valence electrons. The lowest BCUT2D eigenvalue weighted by Crippen LogP contribution is -2.13. The minimum absolute atomic E-state index is 0.0783. The number of rotatable bonds is 2. The summed E-state index contributed by atoms with van der Waals surface area (Å²) in [6.07, 6.45) is 0. The molecule has 5 heteroatoms. The van der Waals surface area contributed by atoms with Gasteiger partial charge in [-0.05, 0) is 29.7 Å². The molecule has 1 N–H and O–H groups in total. The minimum Gasteiger partial charge on any atom is -0.319 e. The maximum absolute atomic E-state index is 13.6. The molecule has 0 fully saturated rings. The van der Waals surface area contributed by atoms with Crippen LogP contribution in [0.1, 0.15) is 10.4 Å². The molecule has 0 bridgehead atoms. The van der Waals surface area contributed by atoms with Crippen molar-refractivity contribution in [3.63, 3.8) is 0 Å². The number of hydrogen-bond donors (Lipinski definition) is 1. The second-order valence-electron chi connectivity index (χ2n) is 4.72. The van der Waals surface area contributed by atoms with E-state index in [9.17, 15) is 13.6 Å². The highest BCUT2D eigenvalue weighted by molar-refractivity contribution is 6.36. The first-order valence-electron chi connectivity index (χ1n) is 6.50. The lowest BCUT2D eigenvalue weighted by atomic mass is 10.0. The monoisotopic (exact) mass is 317 g/mol. The van der Waals surface area contributed by atoms with Crippen LogP contribution in [0.5, 0.6) is 0 Å². The molecule has 22 heavy (non-hydrogen) atoms. The van der Waals surface area contributed by atoms with Gasteiger partial charge in [0, 0.05) is 22.0 Å². The molecule has 0 aliphatic rings. The van der Waals surface area contributed by atoms with Crippen LogP contribution in [0.25, 0.3) is 10.8 Å². The zero-order chi connectivity index (χ0) is 15.7. The van der Waals surface area contributed by atoms with Gasteiger partial charge in [-0.3, -0.25) is 4.79 Å². The van der Waals surface area contributed by atoms with E-state index in [4.69, 9.17) is 11.6 Å². The normalized spacial score (nSPS) is 10.7. The first-order chi connectivity index (χ1) is 10.6. The molecule has 1 amide bonds. The minimum atomic E-state index is -0.827. The molecule has 0 aromatic heterocycles. The quantitative estimate of drug-likeness (QED) is 0.706. The lowest BCUT2D eigenvalue weighted by Gasteiger charge is -2.09. The Hall–Kier alpha value is -2.46. The van der Waals surface area contributed by atoms with Gasteiger partial charge in [-0.1, -0.05) is 35.9 Å². The number of fused-ring (bicyclic) bond motifs is 1. The number of hydrogen-bond acceptors (Lipinski definition) is 1. The molecule has 0 saturated carbocycles. The van der Waals surface area contributed by atoms with Crippen molar-refractivity contribution in [2.45, 2.75) is 0 Å². The Morgan fingerprint density at radius 2 is 1.68 bits per heavy atom. The van der Waals surface area contributed by atoms with Crippen molar-refractivity contribution in [3.8, 4) is 0 Å². The Morgan fingerprint density at radius 1 is 0.955 bits per heavy atom. The SMILES string of the molecule is O=C(Nc1ccc(F)cc1F)c1cccc2c(Cl)cccc12. The third kappa shape index (κ3) is 2.65. The summed E-state index contributed by atoms with van der Waals surface area (Å²) in [7, 11) is 0. The van der Waals surface area contributed by atoms with Crippen LogP contribution in [0.4, 0.5) is 14.5 Å². The Balaban J connectivity index is 2.01. The summed E-state index contributed by atoms with van der Waals surface area (Å²) in [4.78, 5) is 12.4. The van der Waals surface area contributed by atoms with Crippen molar-refractivity contribution in [3.05, 3.63) is 76.8 Å². The van der Waals surface area contributed by atoms with E-state index < -0.39 is 17.5 Å². The van der Waals surface area contributed by atoms with Crippen LogP contribution < -0.4 is 5.32 Å². The number of amides is 1.